The molecule has 0 aromatic carbocycles. The van der Waals surface area contributed by atoms with Gasteiger partial charge in [-0.2, -0.15) is 0 Å². The molecule has 0 radical (unpaired) electrons. The van der Waals surface area contributed by atoms with Crippen molar-refractivity contribution in [3.05, 3.63) is 58.8 Å². The molecule has 0 bridgehead atoms. The third kappa shape index (κ3) is 3.57. The Labute approximate surface area is 184 Å². The molecule has 0 saturated heterocycles. The molecule has 3 aliphatic rings. The summed E-state index contributed by atoms with van der Waals surface area (Å²) in [6.45, 7) is 8.18. The van der Waals surface area contributed by atoms with Gasteiger partial charge in [-0.3, -0.25) is 0 Å². The van der Waals surface area contributed by atoms with Gasteiger partial charge in [0.05, 0.1) is 31.3 Å². The molecule has 1 N–H and O–H groups in total. The van der Waals surface area contributed by atoms with E-state index in [0.29, 0.717) is 17.8 Å². The van der Waals surface area contributed by atoms with Gasteiger partial charge >= 0.3 is 5.97 Å². The van der Waals surface area contributed by atoms with E-state index in [1.165, 1.54) is 16.7 Å². The SMILES string of the molecule is COC1=C(C)C(=O)O[C@]12[C@@H]1[C@@H](C(C)=C[C@@H]2/C=C(\C)CCCc2ccoc2)[C@H](O)C[C@@H]1C. The number of rotatable bonds is 6. The van der Waals surface area contributed by atoms with Gasteiger partial charge in [0.2, 0.25) is 0 Å². The lowest BCUT2D eigenvalue weighted by Gasteiger charge is -2.47. The zero-order valence-electron chi connectivity index (χ0n) is 19.2. The molecule has 2 aliphatic carbocycles. The predicted molar refractivity (Wildman–Crippen MR) is 118 cm³/mol. The van der Waals surface area contributed by atoms with Crippen molar-refractivity contribution >= 4 is 5.97 Å². The smallest absolute Gasteiger partial charge is 0.338 e. The van der Waals surface area contributed by atoms with Crippen molar-refractivity contribution < 1.29 is 23.8 Å². The minimum Gasteiger partial charge on any atom is -0.496 e. The van der Waals surface area contributed by atoms with Crippen LogP contribution in [-0.4, -0.2) is 29.9 Å². The zero-order valence-corrected chi connectivity index (χ0v) is 19.2. The molecular weight excluding hydrogens is 392 g/mol. The Morgan fingerprint density at radius 1 is 1.39 bits per heavy atom. The van der Waals surface area contributed by atoms with Crippen molar-refractivity contribution in [1.29, 1.82) is 0 Å². The molecule has 1 saturated carbocycles. The number of carbonyl (C=O) groups is 1. The highest BCUT2D eigenvalue weighted by atomic mass is 16.6. The highest BCUT2D eigenvalue weighted by molar-refractivity contribution is 5.92. The van der Waals surface area contributed by atoms with Crippen molar-refractivity contribution in [3.63, 3.8) is 0 Å². The lowest BCUT2D eigenvalue weighted by Crippen LogP contribution is -2.53. The van der Waals surface area contributed by atoms with Crippen LogP contribution in [0.3, 0.4) is 0 Å². The highest BCUT2D eigenvalue weighted by Crippen LogP contribution is 2.59. The van der Waals surface area contributed by atoms with Crippen LogP contribution in [0.5, 0.6) is 0 Å². The first-order valence-corrected chi connectivity index (χ1v) is 11.3. The summed E-state index contributed by atoms with van der Waals surface area (Å²) in [5, 5.41) is 10.8. The van der Waals surface area contributed by atoms with Crippen LogP contribution in [0.2, 0.25) is 0 Å². The van der Waals surface area contributed by atoms with Crippen LogP contribution >= 0.6 is 0 Å². The van der Waals surface area contributed by atoms with Crippen LogP contribution in [0, 0.1) is 23.7 Å². The molecule has 31 heavy (non-hydrogen) atoms. The average Bonchev–Trinajstić information content (AvgIpc) is 3.39. The first-order valence-electron chi connectivity index (χ1n) is 11.3. The van der Waals surface area contributed by atoms with E-state index < -0.39 is 11.7 Å². The fourth-order valence-electron chi connectivity index (χ4n) is 6.27. The Morgan fingerprint density at radius 2 is 2.16 bits per heavy atom. The van der Waals surface area contributed by atoms with Gasteiger partial charge in [0.15, 0.2) is 11.4 Å². The molecule has 0 amide bonds. The number of esters is 1. The Morgan fingerprint density at radius 3 is 2.84 bits per heavy atom. The predicted octanol–water partition coefficient (Wildman–Crippen LogP) is 4.97. The van der Waals surface area contributed by atoms with Gasteiger partial charge in [-0.1, -0.05) is 30.2 Å². The van der Waals surface area contributed by atoms with Crippen molar-refractivity contribution in [2.75, 3.05) is 7.11 Å². The maximum absolute atomic E-state index is 12.7. The van der Waals surface area contributed by atoms with Crippen molar-refractivity contribution in [2.24, 2.45) is 23.7 Å². The molecule has 2 heterocycles. The molecule has 1 fully saturated rings. The second kappa shape index (κ2) is 8.34. The molecule has 5 heteroatoms. The minimum absolute atomic E-state index is 0.0103. The molecule has 168 valence electrons. The Kier molecular flexibility index (Phi) is 5.91. The molecule has 0 unspecified atom stereocenters. The van der Waals surface area contributed by atoms with E-state index in [1.54, 1.807) is 26.6 Å². The Balaban J connectivity index is 1.69. The number of allylic oxidation sites excluding steroid dienone is 1. The highest BCUT2D eigenvalue weighted by Gasteiger charge is 2.65. The average molecular weight is 427 g/mol. The number of ether oxygens (including phenoxy) is 2. The van der Waals surface area contributed by atoms with Crippen LogP contribution < -0.4 is 0 Å². The number of carbonyl (C=O) groups excluding carboxylic acids is 1. The maximum atomic E-state index is 12.7. The van der Waals surface area contributed by atoms with Gasteiger partial charge in [-0.05, 0) is 64.0 Å². The number of fused-ring (bicyclic) bond motifs is 2. The summed E-state index contributed by atoms with van der Waals surface area (Å²) < 4.78 is 17.2. The van der Waals surface area contributed by atoms with E-state index in [9.17, 15) is 9.90 Å². The van der Waals surface area contributed by atoms with Gasteiger partial charge in [0.25, 0.3) is 0 Å². The monoisotopic (exact) mass is 426 g/mol. The molecule has 1 aromatic rings. The van der Waals surface area contributed by atoms with E-state index in [0.717, 1.165) is 19.3 Å². The van der Waals surface area contributed by atoms with Crippen LogP contribution in [0.15, 0.2) is 57.6 Å². The zero-order chi connectivity index (χ0) is 22.3. The molecule has 4 rings (SSSR count). The summed E-state index contributed by atoms with van der Waals surface area (Å²) in [6, 6.07) is 2.00. The topological polar surface area (TPSA) is 68.9 Å². The number of aliphatic hydroxyl groups excluding tert-OH is 1. The molecule has 1 aromatic heterocycles. The standard InChI is InChI=1S/C26H34O5/c1-15(7-6-8-19-9-10-30-14-19)11-20-12-16(2)22-21(27)13-17(3)23(22)26(20)24(29-5)18(4)25(28)31-26/h9-12,14,17,20-23,27H,6-8,13H2,1-5H3/b15-11+/t17-,20-,21+,22-,23-,26+/m0/s1. The number of aliphatic hydroxyl groups is 1. The van der Waals surface area contributed by atoms with E-state index in [4.69, 9.17) is 13.9 Å². The summed E-state index contributed by atoms with van der Waals surface area (Å²) >= 11 is 0. The van der Waals surface area contributed by atoms with Gasteiger partial charge in [-0.15, -0.1) is 0 Å². The van der Waals surface area contributed by atoms with E-state index in [1.807, 2.05) is 6.07 Å². The second-order valence-corrected chi connectivity index (χ2v) is 9.61. The van der Waals surface area contributed by atoms with E-state index in [2.05, 4.69) is 32.9 Å². The first-order chi connectivity index (χ1) is 14.8. The number of furan rings is 1. The fraction of sp³-hybridized carbons (Fsp3) is 0.577. The second-order valence-electron chi connectivity index (χ2n) is 9.61. The van der Waals surface area contributed by atoms with Gasteiger partial charge in [0.1, 0.15) is 0 Å². The maximum Gasteiger partial charge on any atom is 0.338 e. The lowest BCUT2D eigenvalue weighted by atomic mass is 9.62. The van der Waals surface area contributed by atoms with Gasteiger partial charge < -0.3 is 19.0 Å². The van der Waals surface area contributed by atoms with Gasteiger partial charge in [0, 0.05) is 17.8 Å². The number of hydrogen-bond donors (Lipinski definition) is 1. The van der Waals surface area contributed by atoms with Crippen LogP contribution in [0.25, 0.3) is 0 Å². The third-order valence-corrected chi connectivity index (χ3v) is 7.53. The summed E-state index contributed by atoms with van der Waals surface area (Å²) in [7, 11) is 1.62. The fourth-order valence-corrected chi connectivity index (χ4v) is 6.27. The van der Waals surface area contributed by atoms with Crippen molar-refractivity contribution in [1.82, 2.24) is 0 Å². The normalized spacial score (nSPS) is 35.4. The third-order valence-electron chi connectivity index (χ3n) is 7.53. The van der Waals surface area contributed by atoms with E-state index >= 15 is 0 Å². The van der Waals surface area contributed by atoms with Crippen LogP contribution in [0.4, 0.5) is 0 Å². The molecular formula is C26H34O5. The number of hydrogen-bond acceptors (Lipinski definition) is 5. The molecule has 1 aliphatic heterocycles. The summed E-state index contributed by atoms with van der Waals surface area (Å²) in [4.78, 5) is 12.7. The minimum atomic E-state index is -0.886. The van der Waals surface area contributed by atoms with Crippen molar-refractivity contribution in [3.8, 4) is 0 Å². The van der Waals surface area contributed by atoms with Crippen molar-refractivity contribution in [2.45, 2.75) is 65.1 Å². The summed E-state index contributed by atoms with van der Waals surface area (Å²) in [5.41, 5.74) is 3.30. The lowest BCUT2D eigenvalue weighted by molar-refractivity contribution is -0.162. The summed E-state index contributed by atoms with van der Waals surface area (Å²) in [6.07, 6.45) is 11.2. The largest absolute Gasteiger partial charge is 0.496 e. The Hall–Kier alpha value is -2.27. The molecule has 5 nitrogen and oxygen atoms in total. The molecule has 6 atom stereocenters. The summed E-state index contributed by atoms with van der Waals surface area (Å²) in [5.74, 6) is 0.378. The van der Waals surface area contributed by atoms with Gasteiger partial charge in [-0.25, -0.2) is 4.79 Å². The van der Waals surface area contributed by atoms with Crippen LogP contribution in [-0.2, 0) is 20.7 Å². The number of methoxy groups -OCH3 is 1. The Bertz CT molecular complexity index is 922. The van der Waals surface area contributed by atoms with E-state index in [-0.39, 0.29) is 29.6 Å². The molecule has 1 spiro atoms. The van der Waals surface area contributed by atoms with Crippen LogP contribution in [0.1, 0.15) is 52.5 Å². The number of aryl methyl sites for hydroxylation is 1. The first kappa shape index (κ1) is 21.9. The quantitative estimate of drug-likeness (QED) is 0.514.